The van der Waals surface area contributed by atoms with Crippen LogP contribution < -0.4 is 5.32 Å². The van der Waals surface area contributed by atoms with E-state index in [0.29, 0.717) is 25.3 Å². The molecule has 1 aliphatic carbocycles. The number of carboxylic acid groups (broad SMARTS) is 1. The molecule has 1 fully saturated rings. The average Bonchev–Trinajstić information content (AvgIpc) is 2.38. The number of hydrogen-bond donors (Lipinski definition) is 2. The Balaban J connectivity index is 2.85. The number of amides is 2. The molecule has 0 radical (unpaired) electrons. The molecule has 2 N–H and O–H groups in total. The van der Waals surface area contributed by atoms with Gasteiger partial charge in [0.15, 0.2) is 0 Å². The molecule has 0 bridgehead atoms. The van der Waals surface area contributed by atoms with Gasteiger partial charge in [-0.1, -0.05) is 26.7 Å². The van der Waals surface area contributed by atoms with E-state index in [-0.39, 0.29) is 12.1 Å². The van der Waals surface area contributed by atoms with Crippen LogP contribution in [0.3, 0.4) is 0 Å². The average molecular weight is 284 g/mol. The van der Waals surface area contributed by atoms with Crippen LogP contribution >= 0.6 is 0 Å². The number of rotatable bonds is 5. The first-order valence-corrected chi connectivity index (χ1v) is 7.68. The number of nitrogens with one attached hydrogen (secondary N) is 1. The molecule has 0 heterocycles. The predicted octanol–water partition coefficient (Wildman–Crippen LogP) is 2.85. The Hall–Kier alpha value is -1.26. The first-order chi connectivity index (χ1) is 9.36. The van der Waals surface area contributed by atoms with Crippen molar-refractivity contribution >= 4 is 12.0 Å². The second-order valence-corrected chi connectivity index (χ2v) is 6.06. The zero-order chi connectivity index (χ0) is 15.3. The molecule has 2 amide bonds. The quantitative estimate of drug-likeness (QED) is 0.815. The van der Waals surface area contributed by atoms with Gasteiger partial charge in [-0.25, -0.2) is 9.59 Å². The molecule has 3 atom stereocenters. The first-order valence-electron chi connectivity index (χ1n) is 7.68. The Labute approximate surface area is 121 Å². The summed E-state index contributed by atoms with van der Waals surface area (Å²) in [7, 11) is 0. The van der Waals surface area contributed by atoms with E-state index < -0.39 is 11.5 Å². The van der Waals surface area contributed by atoms with Crippen LogP contribution in [0.2, 0.25) is 0 Å². The molecule has 1 rings (SSSR count). The molecule has 0 spiro atoms. The maximum absolute atomic E-state index is 12.4. The first kappa shape index (κ1) is 16.8. The van der Waals surface area contributed by atoms with Crippen molar-refractivity contribution in [2.45, 2.75) is 71.4 Å². The van der Waals surface area contributed by atoms with Crippen molar-refractivity contribution in [3.8, 4) is 0 Å². The summed E-state index contributed by atoms with van der Waals surface area (Å²) >= 11 is 0. The van der Waals surface area contributed by atoms with Crippen molar-refractivity contribution in [2.24, 2.45) is 5.92 Å². The zero-order valence-corrected chi connectivity index (χ0v) is 13.1. The molecule has 0 aliphatic heterocycles. The van der Waals surface area contributed by atoms with Gasteiger partial charge in [-0.15, -0.1) is 0 Å². The smallest absolute Gasteiger partial charge is 0.329 e. The zero-order valence-electron chi connectivity index (χ0n) is 13.1. The molecule has 5 nitrogen and oxygen atoms in total. The third kappa shape index (κ3) is 3.64. The number of carboxylic acids is 1. The minimum Gasteiger partial charge on any atom is -0.480 e. The van der Waals surface area contributed by atoms with Crippen LogP contribution in [0, 0.1) is 5.92 Å². The van der Waals surface area contributed by atoms with Crippen molar-refractivity contribution < 1.29 is 14.7 Å². The van der Waals surface area contributed by atoms with E-state index in [0.717, 1.165) is 19.3 Å². The minimum absolute atomic E-state index is 0.117. The van der Waals surface area contributed by atoms with Crippen LogP contribution in [0.1, 0.15) is 59.8 Å². The second kappa shape index (κ2) is 6.95. The van der Waals surface area contributed by atoms with Crippen LogP contribution in [-0.2, 0) is 4.79 Å². The molecular weight excluding hydrogens is 256 g/mol. The second-order valence-electron chi connectivity index (χ2n) is 6.06. The van der Waals surface area contributed by atoms with Crippen LogP contribution in [-0.4, -0.2) is 40.1 Å². The maximum Gasteiger partial charge on any atom is 0.329 e. The topological polar surface area (TPSA) is 69.6 Å². The Morgan fingerprint density at radius 3 is 2.55 bits per heavy atom. The summed E-state index contributed by atoms with van der Waals surface area (Å²) in [5.74, 6) is -0.573. The van der Waals surface area contributed by atoms with Gasteiger partial charge >= 0.3 is 12.0 Å². The highest BCUT2D eigenvalue weighted by Gasteiger charge is 2.44. The third-order valence-electron chi connectivity index (χ3n) is 4.48. The summed E-state index contributed by atoms with van der Waals surface area (Å²) in [5, 5.41) is 12.4. The molecule has 1 saturated carbocycles. The highest BCUT2D eigenvalue weighted by atomic mass is 16.4. The number of hydrogen-bond acceptors (Lipinski definition) is 2. The number of carbonyl (C=O) groups is 2. The molecule has 0 aromatic rings. The fraction of sp³-hybridized carbons (Fsp3) is 0.867. The largest absolute Gasteiger partial charge is 0.480 e. The molecule has 1 aliphatic rings. The summed E-state index contributed by atoms with van der Waals surface area (Å²) in [6, 6.07) is -0.134. The van der Waals surface area contributed by atoms with Crippen molar-refractivity contribution in [2.75, 3.05) is 6.54 Å². The fourth-order valence-corrected chi connectivity index (χ4v) is 3.06. The van der Waals surface area contributed by atoms with Crippen LogP contribution in [0.5, 0.6) is 0 Å². The van der Waals surface area contributed by atoms with Gasteiger partial charge in [0.2, 0.25) is 0 Å². The normalized spacial score (nSPS) is 27.7. The molecule has 0 aromatic carbocycles. The van der Waals surface area contributed by atoms with Gasteiger partial charge in [0.05, 0.1) is 0 Å². The van der Waals surface area contributed by atoms with E-state index in [1.807, 2.05) is 20.8 Å². The van der Waals surface area contributed by atoms with Crippen molar-refractivity contribution in [3.63, 3.8) is 0 Å². The Kier molecular flexibility index (Phi) is 5.84. The maximum atomic E-state index is 12.4. The van der Waals surface area contributed by atoms with E-state index in [1.54, 1.807) is 4.90 Å². The molecule has 3 unspecified atom stereocenters. The van der Waals surface area contributed by atoms with Gasteiger partial charge in [-0.05, 0) is 39.0 Å². The summed E-state index contributed by atoms with van der Waals surface area (Å²) in [4.78, 5) is 25.8. The summed E-state index contributed by atoms with van der Waals surface area (Å²) in [5.41, 5.74) is -1.09. The van der Waals surface area contributed by atoms with E-state index in [2.05, 4.69) is 12.2 Å². The summed E-state index contributed by atoms with van der Waals surface area (Å²) in [6.07, 6.45) is 3.79. The van der Waals surface area contributed by atoms with E-state index in [9.17, 15) is 14.7 Å². The van der Waals surface area contributed by atoms with Crippen LogP contribution in [0.15, 0.2) is 0 Å². The number of urea groups is 1. The van der Waals surface area contributed by atoms with Gasteiger partial charge in [0.25, 0.3) is 0 Å². The number of carbonyl (C=O) groups excluding carboxylic acids is 1. The third-order valence-corrected chi connectivity index (χ3v) is 4.48. The van der Waals surface area contributed by atoms with Crippen LogP contribution in [0.25, 0.3) is 0 Å². The molecule has 0 saturated heterocycles. The SMILES string of the molecule is CCC(C)N(CC)C(=O)NC1(C(=O)O)CCCC(C)C1. The standard InChI is InChI=1S/C15H28N2O3/c1-5-12(4)17(6-2)14(20)16-15(13(18)19)9-7-8-11(3)10-15/h11-12H,5-10H2,1-4H3,(H,16,20)(H,18,19). The molecule has 116 valence electrons. The van der Waals surface area contributed by atoms with E-state index >= 15 is 0 Å². The Morgan fingerprint density at radius 1 is 1.45 bits per heavy atom. The molecule has 20 heavy (non-hydrogen) atoms. The Morgan fingerprint density at radius 2 is 2.10 bits per heavy atom. The van der Waals surface area contributed by atoms with Gasteiger partial charge < -0.3 is 15.3 Å². The summed E-state index contributed by atoms with van der Waals surface area (Å²) in [6.45, 7) is 8.57. The molecule has 5 heteroatoms. The molecular formula is C15H28N2O3. The molecule has 0 aromatic heterocycles. The van der Waals surface area contributed by atoms with Crippen molar-refractivity contribution in [3.05, 3.63) is 0 Å². The lowest BCUT2D eigenvalue weighted by molar-refractivity contribution is -0.146. The fourth-order valence-electron chi connectivity index (χ4n) is 3.06. The van der Waals surface area contributed by atoms with Crippen molar-refractivity contribution in [1.82, 2.24) is 10.2 Å². The Bertz CT molecular complexity index is 359. The minimum atomic E-state index is -1.09. The number of nitrogens with zero attached hydrogens (tertiary/aromatic N) is 1. The van der Waals surface area contributed by atoms with Gasteiger partial charge in [0.1, 0.15) is 5.54 Å². The lowest BCUT2D eigenvalue weighted by Gasteiger charge is -2.39. The van der Waals surface area contributed by atoms with E-state index in [1.165, 1.54) is 0 Å². The summed E-state index contributed by atoms with van der Waals surface area (Å²) < 4.78 is 0. The lowest BCUT2D eigenvalue weighted by Crippen LogP contribution is -2.60. The highest BCUT2D eigenvalue weighted by Crippen LogP contribution is 2.32. The van der Waals surface area contributed by atoms with Crippen molar-refractivity contribution in [1.29, 1.82) is 0 Å². The number of aliphatic carboxylic acids is 1. The monoisotopic (exact) mass is 284 g/mol. The van der Waals surface area contributed by atoms with Gasteiger partial charge in [-0.2, -0.15) is 0 Å². The highest BCUT2D eigenvalue weighted by molar-refractivity contribution is 5.86. The van der Waals surface area contributed by atoms with Crippen LogP contribution in [0.4, 0.5) is 4.79 Å². The lowest BCUT2D eigenvalue weighted by atomic mass is 9.76. The predicted molar refractivity (Wildman–Crippen MR) is 78.7 cm³/mol. The van der Waals surface area contributed by atoms with E-state index in [4.69, 9.17) is 0 Å². The van der Waals surface area contributed by atoms with Gasteiger partial charge in [-0.3, -0.25) is 0 Å². The van der Waals surface area contributed by atoms with Gasteiger partial charge in [0, 0.05) is 12.6 Å².